The largest absolute Gasteiger partial charge is 0.465 e. The van der Waals surface area contributed by atoms with Gasteiger partial charge in [0.2, 0.25) is 0 Å². The van der Waals surface area contributed by atoms with Gasteiger partial charge >= 0.3 is 6.09 Å². The third-order valence-electron chi connectivity index (χ3n) is 7.57. The average molecular weight is 552 g/mol. The third-order valence-corrected chi connectivity index (χ3v) is 7.77. The van der Waals surface area contributed by atoms with Crippen LogP contribution in [0, 0.1) is 35.5 Å². The smallest absolute Gasteiger partial charge is 0.410 e. The second-order valence-electron chi connectivity index (χ2n) is 10.1. The van der Waals surface area contributed by atoms with E-state index in [0.29, 0.717) is 66.1 Å². The number of imidazole rings is 1. The minimum absolute atomic E-state index is 0.0396. The molecule has 1 aliphatic carbocycles. The lowest BCUT2D eigenvalue weighted by Crippen LogP contribution is -2.30. The molecular formula is C27H30ClN7O4. The number of terminal acetylenes is 1. The molecule has 4 heterocycles. The van der Waals surface area contributed by atoms with Gasteiger partial charge in [-0.3, -0.25) is 15.7 Å². The van der Waals surface area contributed by atoms with Crippen LogP contribution in [0.25, 0.3) is 22.4 Å². The van der Waals surface area contributed by atoms with E-state index in [2.05, 4.69) is 20.9 Å². The molecule has 0 aromatic carbocycles. The molecule has 1 amide bonds. The molecule has 5 rings (SSSR count). The average Bonchev–Trinajstić information content (AvgIpc) is 3.30. The van der Waals surface area contributed by atoms with E-state index < -0.39 is 18.0 Å². The Morgan fingerprint density at radius 3 is 2.62 bits per heavy atom. The van der Waals surface area contributed by atoms with Crippen molar-refractivity contribution >= 4 is 34.7 Å². The summed E-state index contributed by atoms with van der Waals surface area (Å²) in [5, 5.41) is 31.3. The van der Waals surface area contributed by atoms with E-state index in [1.54, 1.807) is 12.3 Å². The van der Waals surface area contributed by atoms with Gasteiger partial charge < -0.3 is 19.5 Å². The van der Waals surface area contributed by atoms with Crippen molar-refractivity contribution in [2.24, 2.45) is 17.8 Å². The molecule has 0 bridgehead atoms. The number of amides is 1. The topological polar surface area (TPSA) is 159 Å². The summed E-state index contributed by atoms with van der Waals surface area (Å²) in [6, 6.07) is 1.69. The van der Waals surface area contributed by atoms with Crippen LogP contribution in [0.4, 0.5) is 4.79 Å². The second kappa shape index (κ2) is 11.7. The maximum atomic E-state index is 11.6. The maximum absolute atomic E-state index is 11.6. The first-order valence-corrected chi connectivity index (χ1v) is 13.4. The van der Waals surface area contributed by atoms with Crippen LogP contribution in [0.15, 0.2) is 18.5 Å². The molecule has 3 aromatic heterocycles. The Hall–Kier alpha value is -3.59. The van der Waals surface area contributed by atoms with Gasteiger partial charge in [0.15, 0.2) is 17.3 Å². The van der Waals surface area contributed by atoms with Crippen LogP contribution in [0.3, 0.4) is 0 Å². The summed E-state index contributed by atoms with van der Waals surface area (Å²) in [7, 11) is 0. The zero-order valence-corrected chi connectivity index (χ0v) is 22.1. The third kappa shape index (κ3) is 5.88. The number of aliphatic hydroxyl groups is 1. The predicted molar refractivity (Wildman–Crippen MR) is 144 cm³/mol. The SMILES string of the molecule is C#C[C@H]1CC[C@H](Cn2c(C(O)C3CCOCC3)nc3nc(C(=N)NC(=O)O)nc(-c4cncc(Cl)c4)c32)CC1. The Morgan fingerprint density at radius 1 is 1.21 bits per heavy atom. The molecule has 1 aliphatic heterocycles. The summed E-state index contributed by atoms with van der Waals surface area (Å²) in [5.41, 5.74) is 1.79. The minimum atomic E-state index is -1.40. The van der Waals surface area contributed by atoms with Gasteiger partial charge in [0.25, 0.3) is 0 Å². The van der Waals surface area contributed by atoms with Crippen molar-refractivity contribution in [3.8, 4) is 23.6 Å². The predicted octanol–water partition coefficient (Wildman–Crippen LogP) is 4.03. The van der Waals surface area contributed by atoms with E-state index in [4.69, 9.17) is 38.3 Å². The van der Waals surface area contributed by atoms with E-state index in [9.17, 15) is 9.90 Å². The van der Waals surface area contributed by atoms with Gasteiger partial charge in [-0.1, -0.05) is 11.6 Å². The number of nitrogens with one attached hydrogen (secondary N) is 2. The van der Waals surface area contributed by atoms with Crippen LogP contribution in [0.5, 0.6) is 0 Å². The lowest BCUT2D eigenvalue weighted by atomic mass is 9.82. The highest BCUT2D eigenvalue weighted by molar-refractivity contribution is 6.30. The minimum Gasteiger partial charge on any atom is -0.465 e. The monoisotopic (exact) mass is 551 g/mol. The summed E-state index contributed by atoms with van der Waals surface area (Å²) in [6.07, 6.45) is 11.7. The number of ether oxygens (including phenoxy) is 1. The van der Waals surface area contributed by atoms with E-state index in [1.165, 1.54) is 6.20 Å². The molecule has 11 nitrogen and oxygen atoms in total. The van der Waals surface area contributed by atoms with Crippen LogP contribution < -0.4 is 5.32 Å². The molecule has 1 unspecified atom stereocenters. The summed E-state index contributed by atoms with van der Waals surface area (Å²) < 4.78 is 7.49. The Balaban J connectivity index is 1.67. The van der Waals surface area contributed by atoms with Gasteiger partial charge in [0.1, 0.15) is 23.1 Å². The van der Waals surface area contributed by atoms with E-state index in [-0.39, 0.29) is 23.3 Å². The highest BCUT2D eigenvalue weighted by Gasteiger charge is 2.32. The number of carboxylic acid groups (broad SMARTS) is 1. The van der Waals surface area contributed by atoms with Gasteiger partial charge in [0.05, 0.1) is 5.02 Å². The van der Waals surface area contributed by atoms with E-state index >= 15 is 0 Å². The van der Waals surface area contributed by atoms with Crippen LogP contribution in [-0.2, 0) is 11.3 Å². The first-order valence-electron chi connectivity index (χ1n) is 13.0. The van der Waals surface area contributed by atoms with Gasteiger partial charge in [-0.05, 0) is 56.4 Å². The Bertz CT molecular complexity index is 1420. The number of hydrogen-bond acceptors (Lipinski definition) is 8. The molecule has 204 valence electrons. The zero-order chi connectivity index (χ0) is 27.5. The summed E-state index contributed by atoms with van der Waals surface area (Å²) in [4.78, 5) is 29.2. The highest BCUT2D eigenvalue weighted by Crippen LogP contribution is 2.37. The molecule has 4 N–H and O–H groups in total. The first-order chi connectivity index (χ1) is 18.8. The van der Waals surface area contributed by atoms with Gasteiger partial charge in [-0.25, -0.2) is 19.7 Å². The van der Waals surface area contributed by atoms with Crippen molar-refractivity contribution < 1.29 is 19.7 Å². The van der Waals surface area contributed by atoms with Crippen LogP contribution in [0.2, 0.25) is 5.02 Å². The number of halogens is 1. The molecule has 12 heteroatoms. The molecule has 0 spiro atoms. The van der Waals surface area contributed by atoms with Crippen molar-refractivity contribution in [3.63, 3.8) is 0 Å². The number of hydrogen-bond donors (Lipinski definition) is 4. The van der Waals surface area contributed by atoms with Crippen LogP contribution in [-0.4, -0.2) is 59.9 Å². The fourth-order valence-corrected chi connectivity index (χ4v) is 5.67. The number of nitrogens with zero attached hydrogens (tertiary/aromatic N) is 5. The molecule has 2 fully saturated rings. The molecule has 3 aromatic rings. The lowest BCUT2D eigenvalue weighted by molar-refractivity contribution is 0.00230. The lowest BCUT2D eigenvalue weighted by Gasteiger charge is -2.29. The highest BCUT2D eigenvalue weighted by atomic mass is 35.5. The Kier molecular flexibility index (Phi) is 8.07. The van der Waals surface area contributed by atoms with E-state index in [1.807, 2.05) is 9.88 Å². The van der Waals surface area contributed by atoms with Crippen LogP contribution in [0.1, 0.15) is 56.3 Å². The van der Waals surface area contributed by atoms with Crippen molar-refractivity contribution in [1.82, 2.24) is 29.8 Å². The number of fused-ring (bicyclic) bond motifs is 1. The first kappa shape index (κ1) is 27.0. The molecule has 39 heavy (non-hydrogen) atoms. The molecular weight excluding hydrogens is 522 g/mol. The standard InChI is InChI=1S/C27H30ClN7O4/c1-2-15-3-5-16(6-4-15)14-35-21-20(18-11-19(28)13-30-12-18)31-25(23(29)32-27(37)38)33-24(21)34-26(35)22(36)17-7-9-39-10-8-17/h1,11-13,15-17,22,36H,3-10,14H2,(H2,29,32)(H,37,38)/t15-,16-,22?. The number of amidine groups is 1. The molecule has 1 saturated heterocycles. The normalized spacial score (nSPS) is 20.8. The van der Waals surface area contributed by atoms with Gasteiger partial charge in [-0.2, -0.15) is 0 Å². The van der Waals surface area contributed by atoms with Crippen molar-refractivity contribution in [2.75, 3.05) is 13.2 Å². The van der Waals surface area contributed by atoms with Crippen molar-refractivity contribution in [2.45, 2.75) is 51.2 Å². The Morgan fingerprint density at radius 2 is 1.95 bits per heavy atom. The fraction of sp³-hybridized carbons (Fsp3) is 0.481. The van der Waals surface area contributed by atoms with Gasteiger partial charge in [-0.15, -0.1) is 12.3 Å². The van der Waals surface area contributed by atoms with Crippen molar-refractivity contribution in [3.05, 3.63) is 35.1 Å². The second-order valence-corrected chi connectivity index (χ2v) is 10.6. The number of carbonyl (C=O) groups is 1. The number of aromatic nitrogens is 5. The number of aliphatic hydroxyl groups excluding tert-OH is 1. The molecule has 1 atom stereocenters. The zero-order valence-electron chi connectivity index (χ0n) is 21.3. The number of rotatable bonds is 6. The fourth-order valence-electron chi connectivity index (χ4n) is 5.49. The summed E-state index contributed by atoms with van der Waals surface area (Å²) >= 11 is 6.27. The molecule has 0 radical (unpaired) electrons. The van der Waals surface area contributed by atoms with Gasteiger partial charge in [0, 0.05) is 43.6 Å². The Labute approximate surface area is 230 Å². The maximum Gasteiger partial charge on any atom is 0.410 e. The summed E-state index contributed by atoms with van der Waals surface area (Å²) in [6.45, 7) is 1.72. The summed E-state index contributed by atoms with van der Waals surface area (Å²) in [5.74, 6) is 3.25. The van der Waals surface area contributed by atoms with Crippen molar-refractivity contribution in [1.29, 1.82) is 5.41 Å². The quantitative estimate of drug-likeness (QED) is 0.203. The molecule has 1 saturated carbocycles. The van der Waals surface area contributed by atoms with E-state index in [0.717, 1.165) is 25.7 Å². The van der Waals surface area contributed by atoms with Crippen LogP contribution >= 0.6 is 11.6 Å². The number of pyridine rings is 1. The molecule has 2 aliphatic rings.